The van der Waals surface area contributed by atoms with Crippen LogP contribution in [0.15, 0.2) is 36.4 Å². The zero-order valence-corrected chi connectivity index (χ0v) is 12.7. The first-order chi connectivity index (χ1) is 10.1. The minimum absolute atomic E-state index is 0.242. The highest BCUT2D eigenvalue weighted by Gasteiger charge is 2.19. The molecule has 3 nitrogen and oxygen atoms in total. The lowest BCUT2D eigenvalue weighted by atomic mass is 9.97. The minimum Gasteiger partial charge on any atom is -0.496 e. The van der Waals surface area contributed by atoms with Gasteiger partial charge in [-0.05, 0) is 37.2 Å². The van der Waals surface area contributed by atoms with E-state index in [1.807, 2.05) is 25.1 Å². The third kappa shape index (κ3) is 3.00. The summed E-state index contributed by atoms with van der Waals surface area (Å²) in [4.78, 5) is 0. The minimum atomic E-state index is -0.348. The van der Waals surface area contributed by atoms with Crippen LogP contribution in [-0.4, -0.2) is 21.3 Å². The van der Waals surface area contributed by atoms with Crippen molar-refractivity contribution in [3.63, 3.8) is 0 Å². The van der Waals surface area contributed by atoms with Crippen molar-refractivity contribution < 1.29 is 13.9 Å². The predicted octanol–water partition coefficient (Wildman–Crippen LogP) is 3.46. The summed E-state index contributed by atoms with van der Waals surface area (Å²) >= 11 is 0. The molecule has 0 aliphatic heterocycles. The molecule has 0 heterocycles. The fraction of sp³-hybridized carbons (Fsp3) is 0.294. The van der Waals surface area contributed by atoms with Crippen molar-refractivity contribution in [1.29, 1.82) is 0 Å². The average Bonchev–Trinajstić information content (AvgIpc) is 2.51. The van der Waals surface area contributed by atoms with Gasteiger partial charge in [-0.15, -0.1) is 0 Å². The summed E-state index contributed by atoms with van der Waals surface area (Å²) in [6.45, 7) is 1.98. The lowest BCUT2D eigenvalue weighted by Gasteiger charge is -2.20. The number of aryl methyl sites for hydroxylation is 1. The van der Waals surface area contributed by atoms with Gasteiger partial charge in [-0.25, -0.2) is 4.39 Å². The maximum Gasteiger partial charge on any atom is 0.170 e. The van der Waals surface area contributed by atoms with E-state index in [2.05, 4.69) is 5.32 Å². The number of hydrogen-bond donors (Lipinski definition) is 1. The molecule has 2 aromatic rings. The molecule has 21 heavy (non-hydrogen) atoms. The monoisotopic (exact) mass is 289 g/mol. The first-order valence-corrected chi connectivity index (χ1v) is 6.76. The molecule has 0 saturated heterocycles. The summed E-state index contributed by atoms with van der Waals surface area (Å²) in [5, 5.41) is 3.15. The number of ether oxygens (including phenoxy) is 2. The maximum atomic E-state index is 14.5. The molecule has 1 unspecified atom stereocenters. The summed E-state index contributed by atoms with van der Waals surface area (Å²) in [6.07, 6.45) is 0. The van der Waals surface area contributed by atoms with Crippen LogP contribution < -0.4 is 14.8 Å². The fourth-order valence-electron chi connectivity index (χ4n) is 2.43. The second-order valence-corrected chi connectivity index (χ2v) is 4.81. The Hall–Kier alpha value is -2.07. The standard InChI is InChI=1S/C17H20FNO2/c1-11-8-9-12(10-15(11)21-4)17(19-2)13-6-5-7-14(20-3)16(13)18/h5-10,17,19H,1-4H3. The normalized spacial score (nSPS) is 12.0. The molecule has 0 spiro atoms. The van der Waals surface area contributed by atoms with Gasteiger partial charge in [-0.3, -0.25) is 0 Å². The average molecular weight is 289 g/mol. The van der Waals surface area contributed by atoms with Crippen molar-refractivity contribution in [2.45, 2.75) is 13.0 Å². The van der Waals surface area contributed by atoms with Crippen LogP contribution in [0.3, 0.4) is 0 Å². The second kappa shape index (κ2) is 6.59. The molecular weight excluding hydrogens is 269 g/mol. The van der Waals surface area contributed by atoms with Gasteiger partial charge in [0.1, 0.15) is 5.75 Å². The highest BCUT2D eigenvalue weighted by atomic mass is 19.1. The van der Waals surface area contributed by atoms with Crippen LogP contribution in [-0.2, 0) is 0 Å². The summed E-state index contributed by atoms with van der Waals surface area (Å²) in [5.41, 5.74) is 2.53. The van der Waals surface area contributed by atoms with Gasteiger partial charge in [0, 0.05) is 5.56 Å². The quantitative estimate of drug-likeness (QED) is 0.914. The largest absolute Gasteiger partial charge is 0.496 e. The topological polar surface area (TPSA) is 30.5 Å². The van der Waals surface area contributed by atoms with Gasteiger partial charge in [0.2, 0.25) is 0 Å². The maximum absolute atomic E-state index is 14.5. The van der Waals surface area contributed by atoms with Crippen LogP contribution in [0.2, 0.25) is 0 Å². The molecule has 1 atom stereocenters. The number of halogens is 1. The summed E-state index contributed by atoms with van der Waals surface area (Å²) < 4.78 is 24.9. The van der Waals surface area contributed by atoms with Crippen molar-refractivity contribution in [3.8, 4) is 11.5 Å². The van der Waals surface area contributed by atoms with Crippen LogP contribution in [0, 0.1) is 12.7 Å². The molecule has 0 saturated carbocycles. The lowest BCUT2D eigenvalue weighted by Crippen LogP contribution is -2.19. The Morgan fingerprint density at radius 1 is 1.05 bits per heavy atom. The zero-order chi connectivity index (χ0) is 15.4. The van der Waals surface area contributed by atoms with Crippen LogP contribution in [0.1, 0.15) is 22.7 Å². The van der Waals surface area contributed by atoms with E-state index in [0.717, 1.165) is 16.9 Å². The highest BCUT2D eigenvalue weighted by molar-refractivity contribution is 5.43. The molecule has 4 heteroatoms. The number of nitrogens with one attached hydrogen (secondary N) is 1. The Labute approximate surface area is 124 Å². The number of benzene rings is 2. The molecule has 0 fully saturated rings. The Kier molecular flexibility index (Phi) is 4.81. The van der Waals surface area contributed by atoms with E-state index in [9.17, 15) is 4.39 Å². The second-order valence-electron chi connectivity index (χ2n) is 4.81. The SMILES string of the molecule is CNC(c1ccc(C)c(OC)c1)c1cccc(OC)c1F. The molecule has 0 aromatic heterocycles. The predicted molar refractivity (Wildman–Crippen MR) is 81.6 cm³/mol. The van der Waals surface area contributed by atoms with Gasteiger partial charge in [0.15, 0.2) is 11.6 Å². The van der Waals surface area contributed by atoms with E-state index in [-0.39, 0.29) is 17.6 Å². The van der Waals surface area contributed by atoms with Crippen molar-refractivity contribution in [3.05, 3.63) is 58.9 Å². The van der Waals surface area contributed by atoms with E-state index in [4.69, 9.17) is 9.47 Å². The van der Waals surface area contributed by atoms with Crippen molar-refractivity contribution in [2.24, 2.45) is 0 Å². The molecule has 0 aliphatic rings. The Bertz CT molecular complexity index is 628. The molecule has 2 rings (SSSR count). The highest BCUT2D eigenvalue weighted by Crippen LogP contribution is 2.31. The smallest absolute Gasteiger partial charge is 0.170 e. The van der Waals surface area contributed by atoms with Gasteiger partial charge in [0.05, 0.1) is 20.3 Å². The van der Waals surface area contributed by atoms with Gasteiger partial charge < -0.3 is 14.8 Å². The van der Waals surface area contributed by atoms with Crippen LogP contribution >= 0.6 is 0 Å². The molecule has 0 amide bonds. The van der Waals surface area contributed by atoms with Crippen LogP contribution in [0.5, 0.6) is 11.5 Å². The van der Waals surface area contributed by atoms with Gasteiger partial charge >= 0.3 is 0 Å². The third-order valence-electron chi connectivity index (χ3n) is 3.58. The summed E-state index contributed by atoms with van der Waals surface area (Å²) in [7, 11) is 4.90. The molecule has 1 N–H and O–H groups in total. The van der Waals surface area contributed by atoms with E-state index in [1.54, 1.807) is 32.4 Å². The van der Waals surface area contributed by atoms with E-state index in [0.29, 0.717) is 5.56 Å². The van der Waals surface area contributed by atoms with Crippen molar-refractivity contribution in [2.75, 3.05) is 21.3 Å². The summed E-state index contributed by atoms with van der Waals surface area (Å²) in [6, 6.07) is 10.7. The summed E-state index contributed by atoms with van der Waals surface area (Å²) in [5.74, 6) is 0.682. The zero-order valence-electron chi connectivity index (χ0n) is 12.7. The van der Waals surface area contributed by atoms with Gasteiger partial charge in [0.25, 0.3) is 0 Å². The Morgan fingerprint density at radius 3 is 2.38 bits per heavy atom. The first-order valence-electron chi connectivity index (χ1n) is 6.76. The van der Waals surface area contributed by atoms with Crippen molar-refractivity contribution in [1.82, 2.24) is 5.32 Å². The Morgan fingerprint density at radius 2 is 1.76 bits per heavy atom. The van der Waals surface area contributed by atoms with Gasteiger partial charge in [-0.1, -0.05) is 24.3 Å². The molecule has 112 valence electrons. The molecular formula is C17H20FNO2. The van der Waals surface area contributed by atoms with E-state index in [1.165, 1.54) is 7.11 Å². The van der Waals surface area contributed by atoms with Crippen LogP contribution in [0.4, 0.5) is 4.39 Å². The molecule has 2 aromatic carbocycles. The molecule has 0 aliphatic carbocycles. The number of methoxy groups -OCH3 is 2. The van der Waals surface area contributed by atoms with E-state index < -0.39 is 0 Å². The number of rotatable bonds is 5. The first kappa shape index (κ1) is 15.3. The lowest BCUT2D eigenvalue weighted by molar-refractivity contribution is 0.382. The fourth-order valence-corrected chi connectivity index (χ4v) is 2.43. The number of hydrogen-bond acceptors (Lipinski definition) is 3. The Balaban J connectivity index is 2.49. The third-order valence-corrected chi connectivity index (χ3v) is 3.58. The molecule has 0 bridgehead atoms. The van der Waals surface area contributed by atoms with E-state index >= 15 is 0 Å². The van der Waals surface area contributed by atoms with Gasteiger partial charge in [-0.2, -0.15) is 0 Å². The van der Waals surface area contributed by atoms with Crippen LogP contribution in [0.25, 0.3) is 0 Å². The van der Waals surface area contributed by atoms with Crippen molar-refractivity contribution >= 4 is 0 Å². The molecule has 0 radical (unpaired) electrons.